The number of aryl methyl sites for hydroxylation is 1. The van der Waals surface area contributed by atoms with E-state index in [1.807, 2.05) is 54.0 Å². The van der Waals surface area contributed by atoms with Gasteiger partial charge >= 0.3 is 6.18 Å². The molecule has 210 valence electrons. The van der Waals surface area contributed by atoms with Crippen LogP contribution in [0.15, 0.2) is 84.1 Å². The van der Waals surface area contributed by atoms with Crippen molar-refractivity contribution in [3.8, 4) is 17.1 Å². The first kappa shape index (κ1) is 27.0. The Morgan fingerprint density at radius 1 is 0.951 bits per heavy atom. The number of benzene rings is 3. The monoisotopic (exact) mass is 557 g/mol. The predicted octanol–water partition coefficient (Wildman–Crippen LogP) is 7.45. The number of rotatable bonds is 5. The van der Waals surface area contributed by atoms with Crippen molar-refractivity contribution in [3.63, 3.8) is 0 Å². The molecule has 1 saturated carbocycles. The minimum absolute atomic E-state index is 0.128. The highest BCUT2D eigenvalue weighted by atomic mass is 19.4. The van der Waals surface area contributed by atoms with Gasteiger partial charge in [0, 0.05) is 19.0 Å². The van der Waals surface area contributed by atoms with Crippen molar-refractivity contribution >= 4 is 22.4 Å². The lowest BCUT2D eigenvalue weighted by Gasteiger charge is -2.25. The van der Waals surface area contributed by atoms with Crippen LogP contribution in [0.25, 0.3) is 28.1 Å². The van der Waals surface area contributed by atoms with E-state index in [0.29, 0.717) is 11.4 Å². The average Bonchev–Trinajstić information content (AvgIpc) is 2.96. The van der Waals surface area contributed by atoms with Crippen LogP contribution in [-0.4, -0.2) is 33.8 Å². The standard InChI is InChI=1S/C32H30F3N5O/c1-20-15-23(19-36-18-20)38-27-16-29-31(17-28(27)37-22-9-13-25(41-2)14-10-22)40(30-6-4-3-5-26(30)39-29)24-11-7-21(8-12-24)32(33,34)35/h3-8,11-12,15-19,22,25,38H,9-10,13-14H2,1-2H3. The predicted molar refractivity (Wildman–Crippen MR) is 154 cm³/mol. The van der Waals surface area contributed by atoms with Gasteiger partial charge in [0.15, 0.2) is 0 Å². The average molecular weight is 558 g/mol. The zero-order chi connectivity index (χ0) is 28.6. The molecule has 0 radical (unpaired) electrons. The van der Waals surface area contributed by atoms with Crippen molar-refractivity contribution in [2.45, 2.75) is 50.9 Å². The molecule has 1 aromatic heterocycles. The fraction of sp³-hybridized carbons (Fsp3) is 0.281. The van der Waals surface area contributed by atoms with Crippen LogP contribution in [0.5, 0.6) is 0 Å². The second-order valence-corrected chi connectivity index (χ2v) is 10.5. The highest BCUT2D eigenvalue weighted by molar-refractivity contribution is 5.84. The molecule has 2 aliphatic carbocycles. The third-order valence-corrected chi connectivity index (χ3v) is 7.60. The molecular weight excluding hydrogens is 527 g/mol. The van der Waals surface area contributed by atoms with E-state index < -0.39 is 11.7 Å². The summed E-state index contributed by atoms with van der Waals surface area (Å²) in [6.07, 6.45) is 3.12. The summed E-state index contributed by atoms with van der Waals surface area (Å²) >= 11 is 0. The number of para-hydroxylation sites is 2. The summed E-state index contributed by atoms with van der Waals surface area (Å²) in [7, 11) is 1.75. The van der Waals surface area contributed by atoms with Gasteiger partial charge in [-0.15, -0.1) is 0 Å². The minimum atomic E-state index is -4.41. The Hall–Kier alpha value is -4.24. The maximum absolute atomic E-state index is 13.4. The third-order valence-electron chi connectivity index (χ3n) is 7.60. The van der Waals surface area contributed by atoms with E-state index in [9.17, 15) is 13.2 Å². The minimum Gasteiger partial charge on any atom is -0.381 e. The number of aromatic nitrogens is 3. The molecule has 1 fully saturated rings. The largest absolute Gasteiger partial charge is 0.416 e. The Morgan fingerprint density at radius 3 is 2.41 bits per heavy atom. The van der Waals surface area contributed by atoms with Gasteiger partial charge in [0.25, 0.3) is 0 Å². The number of alkyl halides is 3. The molecule has 2 aromatic carbocycles. The highest BCUT2D eigenvalue weighted by Crippen LogP contribution is 2.33. The Balaban J connectivity index is 1.56. The Kier molecular flexibility index (Phi) is 7.21. The summed E-state index contributed by atoms with van der Waals surface area (Å²) in [5.74, 6) is 0. The molecule has 3 aromatic rings. The second kappa shape index (κ2) is 11.0. The number of fused-ring (bicyclic) bond motifs is 2. The van der Waals surface area contributed by atoms with Gasteiger partial charge in [-0.25, -0.2) is 4.98 Å². The van der Waals surface area contributed by atoms with Crippen molar-refractivity contribution in [3.05, 3.63) is 95.6 Å². The van der Waals surface area contributed by atoms with Gasteiger partial charge in [-0.1, -0.05) is 12.1 Å². The van der Waals surface area contributed by atoms with Crippen LogP contribution in [0, 0.1) is 6.92 Å². The van der Waals surface area contributed by atoms with Crippen molar-refractivity contribution in [1.29, 1.82) is 0 Å². The summed E-state index contributed by atoms with van der Waals surface area (Å²) in [5.41, 5.74) is 5.52. The van der Waals surface area contributed by atoms with Crippen LogP contribution in [0.3, 0.4) is 0 Å². The third kappa shape index (κ3) is 5.67. The van der Waals surface area contributed by atoms with Gasteiger partial charge in [0.1, 0.15) is 0 Å². The lowest BCUT2D eigenvalue weighted by molar-refractivity contribution is -0.137. The first-order valence-corrected chi connectivity index (χ1v) is 13.7. The number of pyridine rings is 1. The zero-order valence-corrected chi connectivity index (χ0v) is 22.8. The summed E-state index contributed by atoms with van der Waals surface area (Å²) in [6.45, 7) is 1.98. The van der Waals surface area contributed by atoms with Gasteiger partial charge in [0.05, 0.1) is 63.1 Å². The summed E-state index contributed by atoms with van der Waals surface area (Å²) < 4.78 is 47.6. The van der Waals surface area contributed by atoms with E-state index in [-0.39, 0.29) is 12.1 Å². The molecule has 1 aliphatic heterocycles. The number of nitrogens with zero attached hydrogens (tertiary/aromatic N) is 4. The fourth-order valence-electron chi connectivity index (χ4n) is 5.51. The van der Waals surface area contributed by atoms with E-state index in [1.54, 1.807) is 19.5 Å². The first-order chi connectivity index (χ1) is 19.8. The molecule has 6 nitrogen and oxygen atoms in total. The van der Waals surface area contributed by atoms with Crippen LogP contribution in [0.1, 0.15) is 36.8 Å². The Labute approximate surface area is 235 Å². The molecule has 0 saturated heterocycles. The fourth-order valence-corrected chi connectivity index (χ4v) is 5.51. The maximum atomic E-state index is 13.4. The number of ether oxygens (including phenoxy) is 1. The topological polar surface area (TPSA) is 64.3 Å². The normalized spacial score (nSPS) is 18.2. The van der Waals surface area contributed by atoms with Crippen LogP contribution in [0.4, 0.5) is 24.5 Å². The Morgan fingerprint density at radius 2 is 1.71 bits per heavy atom. The van der Waals surface area contributed by atoms with Gasteiger partial charge in [-0.2, -0.15) is 13.2 Å². The SMILES string of the molecule is COC1CCC(N=c2cc3n(-c4ccc(C(F)(F)F)cc4)c4ccccc4nc-3cc2Nc2cncc(C)c2)CC1. The summed E-state index contributed by atoms with van der Waals surface area (Å²) in [4.78, 5) is 14.4. The number of anilines is 2. The van der Waals surface area contributed by atoms with Gasteiger partial charge < -0.3 is 14.6 Å². The van der Waals surface area contributed by atoms with Gasteiger partial charge in [-0.05, 0) is 92.8 Å². The highest BCUT2D eigenvalue weighted by Gasteiger charge is 2.30. The maximum Gasteiger partial charge on any atom is 0.416 e. The number of hydrogen-bond donors (Lipinski definition) is 1. The smallest absolute Gasteiger partial charge is 0.381 e. The lowest BCUT2D eigenvalue weighted by atomic mass is 9.93. The number of nitrogens with one attached hydrogen (secondary N) is 1. The van der Waals surface area contributed by atoms with E-state index in [0.717, 1.165) is 76.8 Å². The molecule has 0 amide bonds. The molecule has 0 spiro atoms. The summed E-state index contributed by atoms with van der Waals surface area (Å²) in [6, 6.07) is 18.9. The Bertz CT molecular complexity index is 1720. The molecule has 3 aliphatic rings. The van der Waals surface area contributed by atoms with Gasteiger partial charge in [0.2, 0.25) is 0 Å². The van der Waals surface area contributed by atoms with Crippen molar-refractivity contribution in [2.24, 2.45) is 4.99 Å². The van der Waals surface area contributed by atoms with E-state index in [1.165, 1.54) is 12.1 Å². The molecule has 0 unspecified atom stereocenters. The lowest BCUT2D eigenvalue weighted by Crippen LogP contribution is -2.25. The molecule has 6 rings (SSSR count). The molecular formula is C32H30F3N5O. The van der Waals surface area contributed by atoms with Crippen molar-refractivity contribution < 1.29 is 17.9 Å². The number of halogens is 3. The van der Waals surface area contributed by atoms with Crippen LogP contribution >= 0.6 is 0 Å². The molecule has 1 N–H and O–H groups in total. The first-order valence-electron chi connectivity index (χ1n) is 13.7. The van der Waals surface area contributed by atoms with E-state index in [4.69, 9.17) is 14.7 Å². The quantitative estimate of drug-likeness (QED) is 0.228. The number of methoxy groups -OCH3 is 1. The molecule has 0 bridgehead atoms. The summed E-state index contributed by atoms with van der Waals surface area (Å²) in [5, 5.41) is 4.25. The van der Waals surface area contributed by atoms with Crippen molar-refractivity contribution in [2.75, 3.05) is 12.4 Å². The second-order valence-electron chi connectivity index (χ2n) is 10.5. The van der Waals surface area contributed by atoms with Crippen LogP contribution < -0.4 is 10.7 Å². The van der Waals surface area contributed by atoms with Gasteiger partial charge in [-0.3, -0.25) is 9.98 Å². The molecule has 0 atom stereocenters. The van der Waals surface area contributed by atoms with E-state index in [2.05, 4.69) is 10.3 Å². The van der Waals surface area contributed by atoms with E-state index >= 15 is 0 Å². The van der Waals surface area contributed by atoms with Crippen LogP contribution in [-0.2, 0) is 10.9 Å². The number of hydrogen-bond acceptors (Lipinski definition) is 5. The van der Waals surface area contributed by atoms with Crippen molar-refractivity contribution in [1.82, 2.24) is 14.5 Å². The van der Waals surface area contributed by atoms with Crippen LogP contribution in [0.2, 0.25) is 0 Å². The zero-order valence-electron chi connectivity index (χ0n) is 22.8. The molecule has 41 heavy (non-hydrogen) atoms. The molecule has 9 heteroatoms. The molecule has 2 heterocycles.